The molecule has 0 radical (unpaired) electrons. The molecule has 0 aliphatic carbocycles. The molecule has 0 atom stereocenters. The Morgan fingerprint density at radius 3 is 1.85 bits per heavy atom. The molecule has 3 nitrogen and oxygen atoms in total. The highest BCUT2D eigenvalue weighted by molar-refractivity contribution is 5.89. The fourth-order valence-corrected chi connectivity index (χ4v) is 3.07. The summed E-state index contributed by atoms with van der Waals surface area (Å²) in [5.74, 6) is 0. The second-order valence-corrected chi connectivity index (χ2v) is 5.50. The van der Waals surface area contributed by atoms with E-state index in [1.54, 1.807) is 0 Å². The highest BCUT2D eigenvalue weighted by Gasteiger charge is 2.17. The third-order valence-electron chi connectivity index (χ3n) is 4.39. The van der Waals surface area contributed by atoms with Crippen LogP contribution in [0.25, 0.3) is 22.3 Å². The Bertz CT molecular complexity index is 871. The minimum absolute atomic E-state index is 0.142. The minimum Gasteiger partial charge on any atom is -0.340 e. The lowest BCUT2D eigenvalue weighted by molar-refractivity contribution is 0.744. The average Bonchev–Trinajstić information content (AvgIpc) is 3.09. The highest BCUT2D eigenvalue weighted by atomic mass is 16.1. The monoisotopic (exact) mass is 370 g/mol. The van der Waals surface area contributed by atoms with Crippen molar-refractivity contribution in [2.24, 2.45) is 0 Å². The molecule has 0 amide bonds. The van der Waals surface area contributed by atoms with E-state index in [4.69, 9.17) is 0 Å². The summed E-state index contributed by atoms with van der Waals surface area (Å²) in [6, 6.07) is 10.2. The number of hydrogen-bond donors (Lipinski definition) is 1. The van der Waals surface area contributed by atoms with Gasteiger partial charge in [-0.15, -0.1) is 0 Å². The van der Waals surface area contributed by atoms with Crippen LogP contribution in [0, 0.1) is 20.8 Å². The van der Waals surface area contributed by atoms with E-state index in [9.17, 15) is 4.79 Å². The van der Waals surface area contributed by atoms with Gasteiger partial charge in [0.05, 0.1) is 11.1 Å². The van der Waals surface area contributed by atoms with Crippen LogP contribution in [0.15, 0.2) is 35.1 Å². The first kappa shape index (κ1) is 24.7. The number of aromatic nitrogens is 2. The Morgan fingerprint density at radius 1 is 0.852 bits per heavy atom. The third kappa shape index (κ3) is 4.91. The summed E-state index contributed by atoms with van der Waals surface area (Å²) in [7, 11) is 0. The molecule has 0 unspecified atom stereocenters. The topological polar surface area (TPSA) is 37.8 Å². The summed E-state index contributed by atoms with van der Waals surface area (Å²) in [5, 5.41) is 0.818. The first-order valence-electron chi connectivity index (χ1n) is 10.3. The maximum absolute atomic E-state index is 12.6. The van der Waals surface area contributed by atoms with Crippen LogP contribution < -0.4 is 5.43 Å². The van der Waals surface area contributed by atoms with Gasteiger partial charge in [-0.25, -0.2) is 0 Å². The smallest absolute Gasteiger partial charge is 0.194 e. The van der Waals surface area contributed by atoms with Gasteiger partial charge in [0.25, 0.3) is 0 Å². The van der Waals surface area contributed by atoms with Crippen LogP contribution >= 0.6 is 0 Å². The zero-order chi connectivity index (χ0) is 21.1. The van der Waals surface area contributed by atoms with Gasteiger partial charge in [0.1, 0.15) is 5.65 Å². The number of pyridine rings is 1. The van der Waals surface area contributed by atoms with Gasteiger partial charge in [-0.3, -0.25) is 4.79 Å². The highest BCUT2D eigenvalue weighted by Crippen LogP contribution is 2.28. The van der Waals surface area contributed by atoms with E-state index in [0.29, 0.717) is 0 Å². The molecule has 0 spiro atoms. The van der Waals surface area contributed by atoms with Crippen LogP contribution in [-0.2, 0) is 6.54 Å². The molecule has 1 aromatic carbocycles. The summed E-state index contributed by atoms with van der Waals surface area (Å²) >= 11 is 0. The van der Waals surface area contributed by atoms with Gasteiger partial charge in [0.2, 0.25) is 0 Å². The van der Waals surface area contributed by atoms with E-state index in [2.05, 4.69) is 28.6 Å². The number of aryl methyl sites for hydroxylation is 2. The Labute approximate surface area is 165 Å². The maximum Gasteiger partial charge on any atom is 0.194 e. The molecule has 27 heavy (non-hydrogen) atoms. The molecule has 2 aromatic heterocycles. The zero-order valence-corrected chi connectivity index (χ0v) is 18.9. The van der Waals surface area contributed by atoms with Gasteiger partial charge in [-0.2, -0.15) is 0 Å². The van der Waals surface area contributed by atoms with Crippen molar-refractivity contribution >= 4 is 11.0 Å². The van der Waals surface area contributed by atoms with E-state index in [0.717, 1.165) is 45.7 Å². The molecule has 0 saturated carbocycles. The second kappa shape index (κ2) is 12.2. The molecule has 0 saturated heterocycles. The first-order chi connectivity index (χ1) is 13.1. The lowest BCUT2D eigenvalue weighted by Crippen LogP contribution is -2.15. The van der Waals surface area contributed by atoms with Gasteiger partial charge >= 0.3 is 0 Å². The lowest BCUT2D eigenvalue weighted by atomic mass is 10.1. The molecule has 2 heterocycles. The van der Waals surface area contributed by atoms with Crippen molar-refractivity contribution in [2.45, 2.75) is 75.8 Å². The van der Waals surface area contributed by atoms with Crippen LogP contribution in [0.1, 0.15) is 65.3 Å². The predicted octanol–water partition coefficient (Wildman–Crippen LogP) is 7.02. The average molecular weight is 371 g/mol. The Hall–Kier alpha value is -2.29. The molecule has 0 aliphatic heterocycles. The first-order valence-corrected chi connectivity index (χ1v) is 10.3. The summed E-state index contributed by atoms with van der Waals surface area (Å²) in [6.07, 6.45) is 0. The van der Waals surface area contributed by atoms with Gasteiger partial charge in [0.15, 0.2) is 5.43 Å². The van der Waals surface area contributed by atoms with E-state index >= 15 is 0 Å². The van der Waals surface area contributed by atoms with Crippen molar-refractivity contribution in [1.29, 1.82) is 0 Å². The van der Waals surface area contributed by atoms with Gasteiger partial charge in [0, 0.05) is 17.8 Å². The van der Waals surface area contributed by atoms with Crippen LogP contribution in [0.3, 0.4) is 0 Å². The van der Waals surface area contributed by atoms with Crippen molar-refractivity contribution in [2.75, 3.05) is 0 Å². The molecule has 3 heteroatoms. The van der Waals surface area contributed by atoms with Crippen molar-refractivity contribution in [3.8, 4) is 11.3 Å². The number of H-pyrrole nitrogens is 1. The molecule has 1 N–H and O–H groups in total. The molecule has 0 fully saturated rings. The maximum atomic E-state index is 12.6. The van der Waals surface area contributed by atoms with Crippen LogP contribution in [0.2, 0.25) is 0 Å². The number of aromatic amines is 1. The minimum atomic E-state index is 0.142. The zero-order valence-electron chi connectivity index (χ0n) is 18.9. The standard InChI is InChI=1S/C18H20N2O.3C2H6/c1-5-20-13(4)11(2)17(21)15-12(3)16(19-18(15)20)14-9-7-6-8-10-14;3*1-2/h6-10,19H,5H2,1-4H3;3*1-2H3. The number of nitrogens with one attached hydrogen (secondary N) is 1. The molecular weight excluding hydrogens is 332 g/mol. The summed E-state index contributed by atoms with van der Waals surface area (Å²) < 4.78 is 2.19. The Balaban J connectivity index is 0.00000103. The molecular formula is C24H38N2O. The van der Waals surface area contributed by atoms with Crippen molar-refractivity contribution in [3.63, 3.8) is 0 Å². The number of nitrogens with zero attached hydrogens (tertiary/aromatic N) is 1. The fraction of sp³-hybridized carbons (Fsp3) is 0.458. The van der Waals surface area contributed by atoms with E-state index in [1.807, 2.05) is 80.5 Å². The fourth-order valence-electron chi connectivity index (χ4n) is 3.07. The van der Waals surface area contributed by atoms with Crippen molar-refractivity contribution in [1.82, 2.24) is 9.55 Å². The molecule has 3 aromatic rings. The second-order valence-electron chi connectivity index (χ2n) is 5.50. The normalized spacial score (nSPS) is 9.41. The number of fused-ring (bicyclic) bond motifs is 1. The predicted molar refractivity (Wildman–Crippen MR) is 122 cm³/mol. The largest absolute Gasteiger partial charge is 0.340 e. The summed E-state index contributed by atoms with van der Waals surface area (Å²) in [6.45, 7) is 20.9. The lowest BCUT2D eigenvalue weighted by Gasteiger charge is -2.12. The van der Waals surface area contributed by atoms with E-state index in [1.165, 1.54) is 0 Å². The van der Waals surface area contributed by atoms with E-state index < -0.39 is 0 Å². The van der Waals surface area contributed by atoms with Gasteiger partial charge in [-0.1, -0.05) is 71.9 Å². The van der Waals surface area contributed by atoms with Crippen molar-refractivity contribution in [3.05, 3.63) is 57.4 Å². The summed E-state index contributed by atoms with van der Waals surface area (Å²) in [4.78, 5) is 16.1. The van der Waals surface area contributed by atoms with Crippen LogP contribution in [-0.4, -0.2) is 9.55 Å². The third-order valence-corrected chi connectivity index (χ3v) is 4.39. The molecule has 150 valence electrons. The van der Waals surface area contributed by atoms with Crippen LogP contribution in [0.5, 0.6) is 0 Å². The Kier molecular flexibility index (Phi) is 11.1. The number of rotatable bonds is 2. The summed E-state index contributed by atoms with van der Waals surface area (Å²) in [5.41, 5.74) is 6.14. The van der Waals surface area contributed by atoms with Crippen LogP contribution in [0.4, 0.5) is 0 Å². The Morgan fingerprint density at radius 2 is 1.37 bits per heavy atom. The van der Waals surface area contributed by atoms with Crippen molar-refractivity contribution < 1.29 is 0 Å². The molecule has 0 aliphatic rings. The quantitative estimate of drug-likeness (QED) is 0.517. The molecule has 3 rings (SSSR count). The van der Waals surface area contributed by atoms with Gasteiger partial charge in [-0.05, 0) is 38.8 Å². The SMILES string of the molecule is CC.CC.CC.CCn1c(C)c(C)c(=O)c2c(C)c(-c3ccccc3)[nH]c21. The number of hydrogen-bond acceptors (Lipinski definition) is 1. The van der Waals surface area contributed by atoms with E-state index in [-0.39, 0.29) is 5.43 Å². The number of benzene rings is 1. The van der Waals surface area contributed by atoms with Gasteiger partial charge < -0.3 is 9.55 Å². The molecule has 0 bridgehead atoms.